The lowest BCUT2D eigenvalue weighted by Crippen LogP contribution is -2.04. The van der Waals surface area contributed by atoms with Gasteiger partial charge in [-0.15, -0.1) is 0 Å². The summed E-state index contributed by atoms with van der Waals surface area (Å²) < 4.78 is 14.8. The van der Waals surface area contributed by atoms with Crippen molar-refractivity contribution in [2.24, 2.45) is 0 Å². The Labute approximate surface area is 110 Å². The van der Waals surface area contributed by atoms with E-state index in [-0.39, 0.29) is 11.4 Å². The quantitative estimate of drug-likeness (QED) is 0.849. The van der Waals surface area contributed by atoms with Gasteiger partial charge in [-0.25, -0.2) is 4.79 Å². The molecule has 6 nitrogen and oxygen atoms in total. The summed E-state index contributed by atoms with van der Waals surface area (Å²) in [6.07, 6.45) is 0. The van der Waals surface area contributed by atoms with Crippen LogP contribution in [-0.4, -0.2) is 24.8 Å². The third kappa shape index (κ3) is 2.52. The molecule has 2 rings (SSSR count). The van der Waals surface area contributed by atoms with Crippen LogP contribution in [0.5, 0.6) is 5.75 Å². The lowest BCUT2D eigenvalue weighted by molar-refractivity contribution is 0.0602. The van der Waals surface area contributed by atoms with Crippen LogP contribution < -0.4 is 10.5 Å². The van der Waals surface area contributed by atoms with Crippen LogP contribution >= 0.6 is 0 Å². The van der Waals surface area contributed by atoms with Crippen molar-refractivity contribution < 1.29 is 18.8 Å². The van der Waals surface area contributed by atoms with Crippen LogP contribution in [0.1, 0.15) is 17.3 Å². The lowest BCUT2D eigenvalue weighted by Gasteiger charge is -2.04. The molecule has 0 saturated carbocycles. The summed E-state index contributed by atoms with van der Waals surface area (Å²) >= 11 is 0. The van der Waals surface area contributed by atoms with Crippen molar-refractivity contribution in [1.29, 1.82) is 0 Å². The molecule has 0 spiro atoms. The minimum absolute atomic E-state index is 0.0595. The molecule has 6 heteroatoms. The molecule has 0 aliphatic carbocycles. The SMILES string of the molecule is CCOc1ccc(-c2noc(N)c2C(=O)OC)cc1. The summed E-state index contributed by atoms with van der Waals surface area (Å²) in [5, 5.41) is 3.79. The highest BCUT2D eigenvalue weighted by molar-refractivity contribution is 6.00. The van der Waals surface area contributed by atoms with Gasteiger partial charge in [-0.2, -0.15) is 0 Å². The number of rotatable bonds is 4. The number of methoxy groups -OCH3 is 1. The Morgan fingerprint density at radius 2 is 2.05 bits per heavy atom. The molecule has 1 heterocycles. The average Bonchev–Trinajstić information content (AvgIpc) is 2.81. The molecule has 19 heavy (non-hydrogen) atoms. The Hall–Kier alpha value is -2.50. The first kappa shape index (κ1) is 12.9. The van der Waals surface area contributed by atoms with Crippen LogP contribution in [0.2, 0.25) is 0 Å². The summed E-state index contributed by atoms with van der Waals surface area (Å²) in [6.45, 7) is 2.49. The molecular weight excluding hydrogens is 248 g/mol. The van der Waals surface area contributed by atoms with Crippen molar-refractivity contribution >= 4 is 11.9 Å². The van der Waals surface area contributed by atoms with Gasteiger partial charge in [0.25, 0.3) is 0 Å². The van der Waals surface area contributed by atoms with E-state index in [0.29, 0.717) is 17.9 Å². The molecule has 0 unspecified atom stereocenters. The Bertz CT molecular complexity index is 575. The molecule has 0 amide bonds. The van der Waals surface area contributed by atoms with Crippen LogP contribution in [0.15, 0.2) is 28.8 Å². The molecule has 1 aromatic carbocycles. The second kappa shape index (κ2) is 5.43. The van der Waals surface area contributed by atoms with Crippen molar-refractivity contribution in [1.82, 2.24) is 5.16 Å². The molecule has 0 fully saturated rings. The van der Waals surface area contributed by atoms with Gasteiger partial charge in [0.1, 0.15) is 11.4 Å². The maximum atomic E-state index is 11.6. The summed E-state index contributed by atoms with van der Waals surface area (Å²) in [4.78, 5) is 11.6. The van der Waals surface area contributed by atoms with Crippen molar-refractivity contribution in [3.8, 4) is 17.0 Å². The highest BCUT2D eigenvalue weighted by Crippen LogP contribution is 2.28. The fourth-order valence-corrected chi connectivity index (χ4v) is 1.67. The highest BCUT2D eigenvalue weighted by atomic mass is 16.5. The van der Waals surface area contributed by atoms with Gasteiger partial charge in [-0.05, 0) is 31.2 Å². The second-order valence-corrected chi connectivity index (χ2v) is 3.72. The largest absolute Gasteiger partial charge is 0.494 e. The van der Waals surface area contributed by atoms with E-state index in [4.69, 9.17) is 15.0 Å². The van der Waals surface area contributed by atoms with E-state index in [1.54, 1.807) is 24.3 Å². The number of nitrogens with two attached hydrogens (primary N) is 1. The number of benzene rings is 1. The van der Waals surface area contributed by atoms with Crippen LogP contribution in [0.25, 0.3) is 11.3 Å². The maximum absolute atomic E-state index is 11.6. The van der Waals surface area contributed by atoms with E-state index in [1.807, 2.05) is 6.92 Å². The average molecular weight is 262 g/mol. The number of hydrogen-bond acceptors (Lipinski definition) is 6. The molecule has 0 bridgehead atoms. The molecule has 2 N–H and O–H groups in total. The van der Waals surface area contributed by atoms with Gasteiger partial charge in [0.2, 0.25) is 5.88 Å². The van der Waals surface area contributed by atoms with Gasteiger partial charge in [0, 0.05) is 5.56 Å². The van der Waals surface area contributed by atoms with Crippen LogP contribution in [0, 0.1) is 0 Å². The lowest BCUT2D eigenvalue weighted by atomic mass is 10.1. The van der Waals surface area contributed by atoms with Gasteiger partial charge >= 0.3 is 5.97 Å². The first-order valence-electron chi connectivity index (χ1n) is 5.74. The molecule has 0 aliphatic rings. The Kier molecular flexibility index (Phi) is 3.70. The number of nitrogens with zero attached hydrogens (tertiary/aromatic N) is 1. The first-order valence-corrected chi connectivity index (χ1v) is 5.74. The Morgan fingerprint density at radius 3 is 2.63 bits per heavy atom. The maximum Gasteiger partial charge on any atom is 0.345 e. The molecule has 1 aromatic heterocycles. The number of hydrogen-bond donors (Lipinski definition) is 1. The predicted molar refractivity (Wildman–Crippen MR) is 68.9 cm³/mol. The molecule has 100 valence electrons. The number of nitrogen functional groups attached to an aromatic ring is 1. The van der Waals surface area contributed by atoms with E-state index < -0.39 is 5.97 Å². The van der Waals surface area contributed by atoms with E-state index in [2.05, 4.69) is 9.89 Å². The third-order valence-electron chi connectivity index (χ3n) is 2.55. The predicted octanol–water partition coefficient (Wildman–Crippen LogP) is 2.11. The Balaban J connectivity index is 2.39. The number of esters is 1. The summed E-state index contributed by atoms with van der Waals surface area (Å²) in [7, 11) is 1.27. The monoisotopic (exact) mass is 262 g/mol. The zero-order chi connectivity index (χ0) is 13.8. The second-order valence-electron chi connectivity index (χ2n) is 3.72. The minimum atomic E-state index is -0.581. The molecule has 0 aliphatic heterocycles. The van der Waals surface area contributed by atoms with Gasteiger partial charge in [0.15, 0.2) is 5.56 Å². The molecule has 0 radical (unpaired) electrons. The number of carbonyl (C=O) groups is 1. The topological polar surface area (TPSA) is 87.6 Å². The van der Waals surface area contributed by atoms with E-state index in [0.717, 1.165) is 5.75 Å². The highest BCUT2D eigenvalue weighted by Gasteiger charge is 2.22. The van der Waals surface area contributed by atoms with Gasteiger partial charge in [-0.1, -0.05) is 5.16 Å². The van der Waals surface area contributed by atoms with Gasteiger partial charge in [0.05, 0.1) is 13.7 Å². The summed E-state index contributed by atoms with van der Waals surface area (Å²) in [5.74, 6) is 0.0979. The van der Waals surface area contributed by atoms with Crippen molar-refractivity contribution in [2.45, 2.75) is 6.92 Å². The third-order valence-corrected chi connectivity index (χ3v) is 2.55. The fourth-order valence-electron chi connectivity index (χ4n) is 1.67. The van der Waals surface area contributed by atoms with Crippen molar-refractivity contribution in [3.63, 3.8) is 0 Å². The van der Waals surface area contributed by atoms with Crippen LogP contribution in [-0.2, 0) is 4.74 Å². The normalized spacial score (nSPS) is 10.2. The summed E-state index contributed by atoms with van der Waals surface area (Å²) in [6, 6.07) is 7.11. The first-order chi connectivity index (χ1) is 9.17. The number of ether oxygens (including phenoxy) is 2. The summed E-state index contributed by atoms with van der Waals surface area (Å²) in [5.41, 5.74) is 6.76. The molecular formula is C13H14N2O4. The molecule has 0 saturated heterocycles. The molecule has 2 aromatic rings. The smallest absolute Gasteiger partial charge is 0.345 e. The van der Waals surface area contributed by atoms with Gasteiger partial charge in [-0.3, -0.25) is 0 Å². The zero-order valence-electron chi connectivity index (χ0n) is 10.7. The number of anilines is 1. The van der Waals surface area contributed by atoms with E-state index in [9.17, 15) is 4.79 Å². The minimum Gasteiger partial charge on any atom is -0.494 e. The van der Waals surface area contributed by atoms with Crippen molar-refractivity contribution in [2.75, 3.05) is 19.5 Å². The zero-order valence-corrected chi connectivity index (χ0v) is 10.7. The number of carbonyl (C=O) groups excluding carboxylic acids is 1. The van der Waals surface area contributed by atoms with Crippen LogP contribution in [0.4, 0.5) is 5.88 Å². The van der Waals surface area contributed by atoms with E-state index >= 15 is 0 Å². The Morgan fingerprint density at radius 1 is 1.37 bits per heavy atom. The standard InChI is InChI=1S/C13H14N2O4/c1-3-18-9-6-4-8(5-7-9)11-10(13(16)17-2)12(14)19-15-11/h4-7H,3,14H2,1-2H3. The fraction of sp³-hybridized carbons (Fsp3) is 0.231. The number of aromatic nitrogens is 1. The van der Waals surface area contributed by atoms with Gasteiger partial charge < -0.3 is 19.7 Å². The van der Waals surface area contributed by atoms with E-state index in [1.165, 1.54) is 7.11 Å². The van der Waals surface area contributed by atoms with Crippen molar-refractivity contribution in [3.05, 3.63) is 29.8 Å². The van der Waals surface area contributed by atoms with Crippen LogP contribution in [0.3, 0.4) is 0 Å². The molecule has 0 atom stereocenters.